The van der Waals surface area contributed by atoms with E-state index in [-0.39, 0.29) is 6.04 Å². The van der Waals surface area contributed by atoms with E-state index in [4.69, 9.17) is 5.73 Å². The van der Waals surface area contributed by atoms with Gasteiger partial charge in [-0.1, -0.05) is 6.07 Å². The first-order chi connectivity index (χ1) is 8.33. The van der Waals surface area contributed by atoms with E-state index in [9.17, 15) is 0 Å². The Bertz CT molecular complexity index is 480. The quantitative estimate of drug-likeness (QED) is 0.877. The molecule has 3 heterocycles. The minimum atomic E-state index is 0.260. The first kappa shape index (κ1) is 10.7. The number of hydrogen-bond donors (Lipinski definition) is 1. The van der Waals surface area contributed by atoms with E-state index in [1.54, 1.807) is 11.3 Å². The molecule has 1 unspecified atom stereocenters. The molecule has 2 aromatic heterocycles. The van der Waals surface area contributed by atoms with Gasteiger partial charge in [0.2, 0.25) is 5.95 Å². The van der Waals surface area contributed by atoms with Crippen LogP contribution in [0.3, 0.4) is 0 Å². The molecular weight excluding hydrogens is 232 g/mol. The number of aromatic nitrogens is 2. The SMILES string of the molecule is NC1CCN(c2ncc(-c3cccs3)cn2)C1. The Hall–Kier alpha value is -1.46. The lowest BCUT2D eigenvalue weighted by Gasteiger charge is -2.15. The topological polar surface area (TPSA) is 55.0 Å². The van der Waals surface area contributed by atoms with Crippen LogP contribution in [0.2, 0.25) is 0 Å². The van der Waals surface area contributed by atoms with Crippen LogP contribution in [-0.2, 0) is 0 Å². The van der Waals surface area contributed by atoms with Crippen LogP contribution in [0, 0.1) is 0 Å². The maximum Gasteiger partial charge on any atom is 0.225 e. The fourth-order valence-corrected chi connectivity index (χ4v) is 2.73. The average Bonchev–Trinajstić information content (AvgIpc) is 3.00. The zero-order valence-electron chi connectivity index (χ0n) is 9.41. The second-order valence-electron chi connectivity index (χ2n) is 4.24. The first-order valence-corrected chi connectivity index (χ1v) is 6.57. The third-order valence-electron chi connectivity index (χ3n) is 2.95. The molecular formula is C12H14N4S. The van der Waals surface area contributed by atoms with Gasteiger partial charge in [0.25, 0.3) is 0 Å². The van der Waals surface area contributed by atoms with Crippen molar-refractivity contribution in [2.75, 3.05) is 18.0 Å². The van der Waals surface area contributed by atoms with Gasteiger partial charge in [-0.3, -0.25) is 0 Å². The number of nitrogens with zero attached hydrogens (tertiary/aromatic N) is 3. The molecule has 3 rings (SSSR count). The standard InChI is InChI=1S/C12H14N4S/c13-10-3-4-16(8-10)12-14-6-9(7-15-12)11-2-1-5-17-11/h1-2,5-7,10H,3-4,8,13H2. The van der Waals surface area contributed by atoms with Gasteiger partial charge in [-0.2, -0.15) is 0 Å². The van der Waals surface area contributed by atoms with Gasteiger partial charge in [0, 0.05) is 42.0 Å². The van der Waals surface area contributed by atoms with Crippen LogP contribution in [0.4, 0.5) is 5.95 Å². The Morgan fingerprint density at radius 1 is 1.35 bits per heavy atom. The van der Waals surface area contributed by atoms with Gasteiger partial charge in [-0.05, 0) is 17.9 Å². The number of rotatable bonds is 2. The Kier molecular flexibility index (Phi) is 2.78. The van der Waals surface area contributed by atoms with Gasteiger partial charge in [0.1, 0.15) is 0 Å². The molecule has 1 atom stereocenters. The molecule has 0 spiro atoms. The van der Waals surface area contributed by atoms with Crippen LogP contribution >= 0.6 is 11.3 Å². The molecule has 2 N–H and O–H groups in total. The lowest BCUT2D eigenvalue weighted by atomic mass is 10.3. The molecule has 4 nitrogen and oxygen atoms in total. The summed E-state index contributed by atoms with van der Waals surface area (Å²) >= 11 is 1.70. The van der Waals surface area contributed by atoms with Gasteiger partial charge in [0.15, 0.2) is 0 Å². The van der Waals surface area contributed by atoms with Gasteiger partial charge < -0.3 is 10.6 Å². The van der Waals surface area contributed by atoms with Crippen molar-refractivity contribution in [1.29, 1.82) is 0 Å². The maximum atomic E-state index is 5.87. The molecule has 5 heteroatoms. The third kappa shape index (κ3) is 2.16. The molecule has 1 aliphatic heterocycles. The van der Waals surface area contributed by atoms with Crippen molar-refractivity contribution in [3.63, 3.8) is 0 Å². The van der Waals surface area contributed by atoms with E-state index in [0.717, 1.165) is 31.0 Å². The van der Waals surface area contributed by atoms with E-state index >= 15 is 0 Å². The Balaban J connectivity index is 1.81. The number of hydrogen-bond acceptors (Lipinski definition) is 5. The van der Waals surface area contributed by atoms with Crippen molar-refractivity contribution in [3.8, 4) is 10.4 Å². The summed E-state index contributed by atoms with van der Waals surface area (Å²) in [7, 11) is 0. The van der Waals surface area contributed by atoms with Crippen LogP contribution < -0.4 is 10.6 Å². The van der Waals surface area contributed by atoms with E-state index in [1.807, 2.05) is 18.5 Å². The van der Waals surface area contributed by atoms with Crippen LogP contribution in [0.25, 0.3) is 10.4 Å². The van der Waals surface area contributed by atoms with E-state index in [2.05, 4.69) is 26.3 Å². The fourth-order valence-electron chi connectivity index (χ4n) is 2.02. The maximum absolute atomic E-state index is 5.87. The fraction of sp³-hybridized carbons (Fsp3) is 0.333. The normalized spacial score (nSPS) is 19.8. The minimum Gasteiger partial charge on any atom is -0.339 e. The highest BCUT2D eigenvalue weighted by molar-refractivity contribution is 7.13. The lowest BCUT2D eigenvalue weighted by Crippen LogP contribution is -2.27. The van der Waals surface area contributed by atoms with E-state index < -0.39 is 0 Å². The third-order valence-corrected chi connectivity index (χ3v) is 3.87. The van der Waals surface area contributed by atoms with Gasteiger partial charge in [-0.25, -0.2) is 9.97 Å². The van der Waals surface area contributed by atoms with Crippen molar-refractivity contribution in [2.45, 2.75) is 12.5 Å². The molecule has 0 radical (unpaired) electrons. The minimum absolute atomic E-state index is 0.260. The summed E-state index contributed by atoms with van der Waals surface area (Å²) < 4.78 is 0. The molecule has 1 saturated heterocycles. The molecule has 1 aliphatic rings. The molecule has 0 amide bonds. The van der Waals surface area contributed by atoms with Crippen molar-refractivity contribution in [3.05, 3.63) is 29.9 Å². The Labute approximate surface area is 104 Å². The second-order valence-corrected chi connectivity index (χ2v) is 5.19. The van der Waals surface area contributed by atoms with Gasteiger partial charge >= 0.3 is 0 Å². The monoisotopic (exact) mass is 246 g/mol. The summed E-state index contributed by atoms with van der Waals surface area (Å²) in [4.78, 5) is 12.2. The van der Waals surface area contributed by atoms with E-state index in [0.29, 0.717) is 0 Å². The van der Waals surface area contributed by atoms with Crippen molar-refractivity contribution >= 4 is 17.3 Å². The van der Waals surface area contributed by atoms with Gasteiger partial charge in [-0.15, -0.1) is 11.3 Å². The average molecular weight is 246 g/mol. The summed E-state index contributed by atoms with van der Waals surface area (Å²) in [6.07, 6.45) is 4.80. The van der Waals surface area contributed by atoms with Crippen LogP contribution in [-0.4, -0.2) is 29.1 Å². The molecule has 17 heavy (non-hydrogen) atoms. The first-order valence-electron chi connectivity index (χ1n) is 5.69. The highest BCUT2D eigenvalue weighted by Gasteiger charge is 2.20. The summed E-state index contributed by atoms with van der Waals surface area (Å²) in [5.74, 6) is 0.790. The molecule has 88 valence electrons. The van der Waals surface area contributed by atoms with Crippen molar-refractivity contribution in [2.24, 2.45) is 5.73 Å². The molecule has 0 aromatic carbocycles. The number of nitrogens with two attached hydrogens (primary N) is 1. The lowest BCUT2D eigenvalue weighted by molar-refractivity contribution is 0.750. The zero-order chi connectivity index (χ0) is 11.7. The second kappa shape index (κ2) is 4.43. The molecule has 0 bridgehead atoms. The molecule has 0 saturated carbocycles. The number of anilines is 1. The Morgan fingerprint density at radius 2 is 2.18 bits per heavy atom. The molecule has 2 aromatic rings. The number of thiophene rings is 1. The van der Waals surface area contributed by atoms with Crippen molar-refractivity contribution < 1.29 is 0 Å². The largest absolute Gasteiger partial charge is 0.339 e. The van der Waals surface area contributed by atoms with Crippen molar-refractivity contribution in [1.82, 2.24) is 9.97 Å². The van der Waals surface area contributed by atoms with Crippen LogP contribution in [0.5, 0.6) is 0 Å². The summed E-state index contributed by atoms with van der Waals surface area (Å²) in [5, 5.41) is 2.06. The van der Waals surface area contributed by atoms with E-state index in [1.165, 1.54) is 4.88 Å². The summed E-state index contributed by atoms with van der Waals surface area (Å²) in [5.41, 5.74) is 6.95. The summed E-state index contributed by atoms with van der Waals surface area (Å²) in [6, 6.07) is 4.37. The summed E-state index contributed by atoms with van der Waals surface area (Å²) in [6.45, 7) is 1.82. The Morgan fingerprint density at radius 3 is 2.76 bits per heavy atom. The zero-order valence-corrected chi connectivity index (χ0v) is 10.2. The van der Waals surface area contributed by atoms with Crippen LogP contribution in [0.15, 0.2) is 29.9 Å². The van der Waals surface area contributed by atoms with Gasteiger partial charge in [0.05, 0.1) is 0 Å². The smallest absolute Gasteiger partial charge is 0.225 e. The highest BCUT2D eigenvalue weighted by Crippen LogP contribution is 2.24. The predicted molar refractivity (Wildman–Crippen MR) is 70.2 cm³/mol. The predicted octanol–water partition coefficient (Wildman–Crippen LogP) is 1.74. The highest BCUT2D eigenvalue weighted by atomic mass is 32.1. The van der Waals surface area contributed by atoms with Crippen LogP contribution in [0.1, 0.15) is 6.42 Å². The molecule has 1 fully saturated rings. The molecule has 0 aliphatic carbocycles.